The summed E-state index contributed by atoms with van der Waals surface area (Å²) in [5, 5.41) is 0. The fourth-order valence-corrected chi connectivity index (χ4v) is 2.50. The molecule has 2 N–H and O–H groups in total. The number of guanidine groups is 1. The molecule has 0 bridgehead atoms. The Balaban J connectivity index is 2.07. The lowest BCUT2D eigenvalue weighted by Crippen LogP contribution is -2.44. The molecule has 2 rings (SSSR count). The first-order valence-corrected chi connectivity index (χ1v) is 7.61. The van der Waals surface area contributed by atoms with Crippen molar-refractivity contribution in [2.75, 3.05) is 54.2 Å². The standard InChI is InChI=1S/C16H25N3O4/c1-20-12-10-14(21-2)13(15(11-12)22-3)4-5-18-16(17)19-6-8-23-9-7-19/h10-11H,4-9H2,1-3H3,(H2,17,18). The van der Waals surface area contributed by atoms with E-state index >= 15 is 0 Å². The first-order chi connectivity index (χ1) is 11.2. The predicted octanol–water partition coefficient (Wildman–Crippen LogP) is 0.902. The van der Waals surface area contributed by atoms with Crippen LogP contribution in [0.15, 0.2) is 17.1 Å². The second-order valence-corrected chi connectivity index (χ2v) is 5.10. The number of hydrogen-bond acceptors (Lipinski definition) is 5. The highest BCUT2D eigenvalue weighted by Crippen LogP contribution is 2.34. The fraction of sp³-hybridized carbons (Fsp3) is 0.562. The number of rotatable bonds is 6. The Morgan fingerprint density at radius 2 is 1.74 bits per heavy atom. The number of morpholine rings is 1. The van der Waals surface area contributed by atoms with Gasteiger partial charge in [-0.2, -0.15) is 0 Å². The molecule has 1 aliphatic heterocycles. The van der Waals surface area contributed by atoms with Gasteiger partial charge in [-0.3, -0.25) is 4.99 Å². The van der Waals surface area contributed by atoms with E-state index in [9.17, 15) is 0 Å². The summed E-state index contributed by atoms with van der Waals surface area (Å²) in [6.45, 7) is 3.50. The number of methoxy groups -OCH3 is 3. The summed E-state index contributed by atoms with van der Waals surface area (Å²) < 4.78 is 21.4. The summed E-state index contributed by atoms with van der Waals surface area (Å²) in [5.74, 6) is 2.70. The van der Waals surface area contributed by atoms with E-state index in [1.54, 1.807) is 21.3 Å². The van der Waals surface area contributed by atoms with Gasteiger partial charge in [0.05, 0.1) is 34.5 Å². The summed E-state index contributed by atoms with van der Waals surface area (Å²) in [7, 11) is 4.87. The van der Waals surface area contributed by atoms with Crippen molar-refractivity contribution in [1.82, 2.24) is 4.90 Å². The summed E-state index contributed by atoms with van der Waals surface area (Å²) in [4.78, 5) is 6.49. The van der Waals surface area contributed by atoms with Gasteiger partial charge in [0.25, 0.3) is 0 Å². The molecule has 0 unspecified atom stereocenters. The molecule has 0 amide bonds. The van der Waals surface area contributed by atoms with E-state index < -0.39 is 0 Å². The van der Waals surface area contributed by atoms with Crippen LogP contribution in [0.2, 0.25) is 0 Å². The van der Waals surface area contributed by atoms with Crippen LogP contribution in [0.3, 0.4) is 0 Å². The molecule has 0 atom stereocenters. The molecule has 0 aromatic heterocycles. The molecular weight excluding hydrogens is 298 g/mol. The number of nitrogens with zero attached hydrogens (tertiary/aromatic N) is 2. The van der Waals surface area contributed by atoms with Crippen LogP contribution in [0.25, 0.3) is 0 Å². The van der Waals surface area contributed by atoms with Gasteiger partial charge in [0.15, 0.2) is 5.96 Å². The minimum absolute atomic E-state index is 0.555. The summed E-state index contributed by atoms with van der Waals surface area (Å²) in [6, 6.07) is 3.68. The first-order valence-electron chi connectivity index (χ1n) is 7.61. The molecule has 1 aromatic rings. The van der Waals surface area contributed by atoms with Crippen molar-refractivity contribution >= 4 is 5.96 Å². The molecule has 128 valence electrons. The lowest BCUT2D eigenvalue weighted by Gasteiger charge is -2.27. The third kappa shape index (κ3) is 4.41. The molecule has 1 heterocycles. The molecule has 0 saturated carbocycles. The molecule has 0 radical (unpaired) electrons. The Hall–Kier alpha value is -2.15. The molecule has 1 aromatic carbocycles. The quantitative estimate of drug-likeness (QED) is 0.619. The Morgan fingerprint density at radius 1 is 1.13 bits per heavy atom. The monoisotopic (exact) mass is 323 g/mol. The average Bonchev–Trinajstić information content (AvgIpc) is 2.62. The van der Waals surface area contributed by atoms with Crippen molar-refractivity contribution < 1.29 is 18.9 Å². The highest BCUT2D eigenvalue weighted by Gasteiger charge is 2.14. The van der Waals surface area contributed by atoms with Gasteiger partial charge in [0, 0.05) is 37.3 Å². The summed E-state index contributed by atoms with van der Waals surface area (Å²) >= 11 is 0. The van der Waals surface area contributed by atoms with E-state index in [1.807, 2.05) is 17.0 Å². The van der Waals surface area contributed by atoms with Gasteiger partial charge >= 0.3 is 0 Å². The molecule has 1 saturated heterocycles. The van der Waals surface area contributed by atoms with Crippen molar-refractivity contribution in [2.45, 2.75) is 6.42 Å². The van der Waals surface area contributed by atoms with Crippen molar-refractivity contribution in [3.8, 4) is 17.2 Å². The van der Waals surface area contributed by atoms with Crippen LogP contribution in [0, 0.1) is 0 Å². The Bertz CT molecular complexity index is 517. The molecule has 1 fully saturated rings. The van der Waals surface area contributed by atoms with E-state index in [0.717, 1.165) is 30.2 Å². The van der Waals surface area contributed by atoms with Crippen LogP contribution >= 0.6 is 0 Å². The molecular formula is C16H25N3O4. The maximum absolute atomic E-state index is 6.04. The first kappa shape index (κ1) is 17.2. The predicted molar refractivity (Wildman–Crippen MR) is 88.7 cm³/mol. The maximum atomic E-state index is 6.04. The second kappa shape index (κ2) is 8.47. The van der Waals surface area contributed by atoms with Gasteiger partial charge < -0.3 is 29.6 Å². The summed E-state index contributed by atoms with van der Waals surface area (Å²) in [6.07, 6.45) is 0.668. The topological polar surface area (TPSA) is 78.5 Å². The van der Waals surface area contributed by atoms with E-state index in [1.165, 1.54) is 0 Å². The zero-order valence-corrected chi connectivity index (χ0v) is 14.0. The van der Waals surface area contributed by atoms with Gasteiger partial charge in [-0.1, -0.05) is 0 Å². The Morgan fingerprint density at radius 3 is 2.26 bits per heavy atom. The zero-order chi connectivity index (χ0) is 16.7. The van der Waals surface area contributed by atoms with Crippen LogP contribution in [0.1, 0.15) is 5.56 Å². The number of nitrogens with two attached hydrogens (primary N) is 1. The molecule has 7 heteroatoms. The van der Waals surface area contributed by atoms with Gasteiger partial charge in [0.1, 0.15) is 17.2 Å². The van der Waals surface area contributed by atoms with Gasteiger partial charge in [-0.25, -0.2) is 0 Å². The van der Waals surface area contributed by atoms with Gasteiger partial charge in [-0.05, 0) is 6.42 Å². The van der Waals surface area contributed by atoms with Gasteiger partial charge in [0.2, 0.25) is 0 Å². The Labute approximate surface area is 137 Å². The Kier molecular flexibility index (Phi) is 6.34. The normalized spacial score (nSPS) is 15.4. The van der Waals surface area contributed by atoms with Crippen molar-refractivity contribution in [1.29, 1.82) is 0 Å². The molecule has 23 heavy (non-hydrogen) atoms. The lowest BCUT2D eigenvalue weighted by molar-refractivity contribution is 0.0674. The average molecular weight is 323 g/mol. The molecule has 0 aliphatic carbocycles. The SMILES string of the molecule is COc1cc(OC)c(CCN=C(N)N2CCOCC2)c(OC)c1. The van der Waals surface area contributed by atoms with Crippen LogP contribution in [0.4, 0.5) is 0 Å². The minimum Gasteiger partial charge on any atom is -0.496 e. The largest absolute Gasteiger partial charge is 0.496 e. The minimum atomic E-state index is 0.555. The third-order valence-electron chi connectivity index (χ3n) is 3.79. The highest BCUT2D eigenvalue weighted by atomic mass is 16.5. The van der Waals surface area contributed by atoms with Crippen molar-refractivity contribution in [2.24, 2.45) is 10.7 Å². The van der Waals surface area contributed by atoms with Gasteiger partial charge in [-0.15, -0.1) is 0 Å². The third-order valence-corrected chi connectivity index (χ3v) is 3.79. The van der Waals surface area contributed by atoms with Crippen LogP contribution in [-0.2, 0) is 11.2 Å². The number of aliphatic imine (C=N–C) groups is 1. The molecule has 1 aliphatic rings. The van der Waals surface area contributed by atoms with E-state index in [0.29, 0.717) is 37.9 Å². The highest BCUT2D eigenvalue weighted by molar-refractivity contribution is 5.78. The summed E-state index contributed by atoms with van der Waals surface area (Å²) in [5.41, 5.74) is 6.99. The number of benzene rings is 1. The van der Waals surface area contributed by atoms with E-state index in [2.05, 4.69) is 4.99 Å². The molecule has 0 spiro atoms. The van der Waals surface area contributed by atoms with Crippen molar-refractivity contribution in [3.05, 3.63) is 17.7 Å². The number of hydrogen-bond donors (Lipinski definition) is 1. The van der Waals surface area contributed by atoms with E-state index in [-0.39, 0.29) is 0 Å². The fourth-order valence-electron chi connectivity index (χ4n) is 2.50. The smallest absolute Gasteiger partial charge is 0.191 e. The molecule has 7 nitrogen and oxygen atoms in total. The van der Waals surface area contributed by atoms with Crippen LogP contribution in [-0.4, -0.2) is 65.0 Å². The lowest BCUT2D eigenvalue weighted by atomic mass is 10.1. The van der Waals surface area contributed by atoms with Crippen molar-refractivity contribution in [3.63, 3.8) is 0 Å². The zero-order valence-electron chi connectivity index (χ0n) is 14.0. The van der Waals surface area contributed by atoms with Crippen LogP contribution in [0.5, 0.6) is 17.2 Å². The maximum Gasteiger partial charge on any atom is 0.191 e. The van der Waals surface area contributed by atoms with Crippen LogP contribution < -0.4 is 19.9 Å². The second-order valence-electron chi connectivity index (χ2n) is 5.10. The van der Waals surface area contributed by atoms with E-state index in [4.69, 9.17) is 24.7 Å². The number of ether oxygens (including phenoxy) is 4.